The van der Waals surface area contributed by atoms with Crippen LogP contribution in [0.25, 0.3) is 71.3 Å². The van der Waals surface area contributed by atoms with Crippen molar-refractivity contribution in [1.82, 2.24) is 4.57 Å². The zero-order chi connectivity index (χ0) is 34.4. The van der Waals surface area contributed by atoms with E-state index in [2.05, 4.69) is 216 Å². The number of benzene rings is 9. The molecule has 0 atom stereocenters. The first-order valence-electron chi connectivity index (χ1n) is 17.9. The average Bonchev–Trinajstić information content (AvgIpc) is 3.56. The molecule has 244 valence electrons. The molecule has 0 saturated heterocycles. The quantitative estimate of drug-likeness (QED) is 0.172. The number of nitrogens with zero attached hydrogens (tertiary/aromatic N) is 2. The van der Waals surface area contributed by atoms with Gasteiger partial charge in [0.2, 0.25) is 0 Å². The van der Waals surface area contributed by atoms with Crippen molar-refractivity contribution in [3.8, 4) is 27.9 Å². The normalized spacial score (nSPS) is 11.5. The maximum Gasteiger partial charge on any atom is 0.0547 e. The van der Waals surface area contributed by atoms with Crippen LogP contribution in [-0.4, -0.2) is 4.57 Å². The van der Waals surface area contributed by atoms with Gasteiger partial charge in [0.1, 0.15) is 0 Å². The maximum atomic E-state index is 2.44. The molecule has 0 radical (unpaired) electrons. The van der Waals surface area contributed by atoms with Gasteiger partial charge in [-0.15, -0.1) is 0 Å². The van der Waals surface area contributed by atoms with Crippen LogP contribution >= 0.6 is 0 Å². The van der Waals surface area contributed by atoms with E-state index in [0.717, 1.165) is 22.7 Å². The molecule has 2 nitrogen and oxygen atoms in total. The van der Waals surface area contributed by atoms with Crippen molar-refractivity contribution in [1.29, 1.82) is 0 Å². The van der Waals surface area contributed by atoms with Gasteiger partial charge in [-0.05, 0) is 86.9 Å². The Morgan fingerprint density at radius 3 is 1.81 bits per heavy atom. The molecule has 1 heterocycles. The van der Waals surface area contributed by atoms with Crippen LogP contribution in [0.2, 0.25) is 0 Å². The Balaban J connectivity index is 1.22. The number of aromatic nitrogens is 1. The molecule has 0 aliphatic rings. The lowest BCUT2D eigenvalue weighted by Gasteiger charge is -2.28. The lowest BCUT2D eigenvalue weighted by atomic mass is 9.94. The van der Waals surface area contributed by atoms with Crippen molar-refractivity contribution in [2.75, 3.05) is 4.90 Å². The minimum Gasteiger partial charge on any atom is -0.310 e. The summed E-state index contributed by atoms with van der Waals surface area (Å²) in [6.45, 7) is 0. The fourth-order valence-electron chi connectivity index (χ4n) is 8.03. The Labute approximate surface area is 303 Å². The fraction of sp³-hybridized carbons (Fsp3) is 0. The van der Waals surface area contributed by atoms with E-state index in [-0.39, 0.29) is 0 Å². The summed E-state index contributed by atoms with van der Waals surface area (Å²) in [7, 11) is 0. The van der Waals surface area contributed by atoms with E-state index in [1.165, 1.54) is 65.6 Å². The Morgan fingerprint density at radius 1 is 0.346 bits per heavy atom. The van der Waals surface area contributed by atoms with E-state index in [9.17, 15) is 0 Å². The summed E-state index contributed by atoms with van der Waals surface area (Å²) >= 11 is 0. The highest BCUT2D eigenvalue weighted by molar-refractivity contribution is 6.25. The van der Waals surface area contributed by atoms with Gasteiger partial charge >= 0.3 is 0 Å². The van der Waals surface area contributed by atoms with Gasteiger partial charge in [0.05, 0.1) is 16.7 Å². The molecule has 1 aromatic heterocycles. The number of para-hydroxylation sites is 1. The third kappa shape index (κ3) is 4.96. The van der Waals surface area contributed by atoms with Crippen molar-refractivity contribution in [2.45, 2.75) is 0 Å². The molecule has 0 aliphatic heterocycles. The van der Waals surface area contributed by atoms with Crippen LogP contribution in [0.15, 0.2) is 206 Å². The molecule has 0 amide bonds. The van der Waals surface area contributed by atoms with E-state index >= 15 is 0 Å². The summed E-state index contributed by atoms with van der Waals surface area (Å²) in [4.78, 5) is 2.41. The zero-order valence-corrected chi connectivity index (χ0v) is 28.5. The minimum atomic E-state index is 1.09. The second kappa shape index (κ2) is 12.5. The van der Waals surface area contributed by atoms with Gasteiger partial charge in [-0.1, -0.05) is 158 Å². The molecular weight excluding hydrogens is 629 g/mol. The summed E-state index contributed by atoms with van der Waals surface area (Å²) < 4.78 is 2.44. The summed E-state index contributed by atoms with van der Waals surface area (Å²) in [5.41, 5.74) is 11.7. The summed E-state index contributed by atoms with van der Waals surface area (Å²) in [5, 5.41) is 7.47. The molecular formula is C50H34N2. The molecule has 0 bridgehead atoms. The SMILES string of the molecule is c1ccc(-c2cccc(N(c3cccc(-n4c5ccccc5c5c6c(-c7ccccc7)cccc6ccc54)c3)c3cccc4ccccc34)c2)cc1. The van der Waals surface area contributed by atoms with Crippen molar-refractivity contribution in [2.24, 2.45) is 0 Å². The maximum absolute atomic E-state index is 2.44. The molecule has 0 unspecified atom stereocenters. The van der Waals surface area contributed by atoms with Gasteiger partial charge in [-0.25, -0.2) is 0 Å². The van der Waals surface area contributed by atoms with E-state index in [1.807, 2.05) is 0 Å². The number of rotatable bonds is 6. The predicted octanol–water partition coefficient (Wildman–Crippen LogP) is 13.9. The summed E-state index contributed by atoms with van der Waals surface area (Å²) in [6, 6.07) is 74.7. The van der Waals surface area contributed by atoms with E-state index < -0.39 is 0 Å². The summed E-state index contributed by atoms with van der Waals surface area (Å²) in [5.74, 6) is 0. The fourth-order valence-corrected chi connectivity index (χ4v) is 8.03. The van der Waals surface area contributed by atoms with Crippen molar-refractivity contribution in [3.05, 3.63) is 206 Å². The number of anilines is 3. The Hall–Kier alpha value is -6.90. The lowest BCUT2D eigenvalue weighted by Crippen LogP contribution is -2.11. The molecule has 0 spiro atoms. The van der Waals surface area contributed by atoms with Gasteiger partial charge in [-0.3, -0.25) is 0 Å². The standard InChI is InChI=1S/C50H34N2/c1-3-15-35(16-4-1)39-22-11-23-40(33-39)51(46-30-13-20-36-19-7-8-26-43(36)46)41-24-14-25-42(34-41)52-47-29-10-9-27-45(47)50-48(52)32-31-38-21-12-28-44(49(38)50)37-17-5-2-6-18-37/h1-34H. The lowest BCUT2D eigenvalue weighted by molar-refractivity contribution is 1.17. The topological polar surface area (TPSA) is 8.17 Å². The van der Waals surface area contributed by atoms with Gasteiger partial charge in [-0.2, -0.15) is 0 Å². The highest BCUT2D eigenvalue weighted by Crippen LogP contribution is 2.44. The van der Waals surface area contributed by atoms with Crippen molar-refractivity contribution in [3.63, 3.8) is 0 Å². The molecule has 10 rings (SSSR count). The monoisotopic (exact) mass is 662 g/mol. The number of fused-ring (bicyclic) bond motifs is 6. The van der Waals surface area contributed by atoms with Crippen molar-refractivity contribution < 1.29 is 0 Å². The van der Waals surface area contributed by atoms with Gasteiger partial charge in [0.25, 0.3) is 0 Å². The predicted molar refractivity (Wildman–Crippen MR) is 221 cm³/mol. The van der Waals surface area contributed by atoms with Crippen molar-refractivity contribution >= 4 is 60.4 Å². The first kappa shape index (κ1) is 30.0. The third-order valence-electron chi connectivity index (χ3n) is 10.3. The molecule has 10 aromatic rings. The van der Waals surface area contributed by atoms with Crippen LogP contribution in [0.5, 0.6) is 0 Å². The number of hydrogen-bond donors (Lipinski definition) is 0. The minimum absolute atomic E-state index is 1.09. The summed E-state index contributed by atoms with van der Waals surface area (Å²) in [6.07, 6.45) is 0. The van der Waals surface area contributed by atoms with Crippen LogP contribution in [0.3, 0.4) is 0 Å². The van der Waals surface area contributed by atoms with Crippen LogP contribution in [0, 0.1) is 0 Å². The molecule has 0 saturated carbocycles. The molecule has 0 aliphatic carbocycles. The van der Waals surface area contributed by atoms with E-state index in [0.29, 0.717) is 0 Å². The average molecular weight is 663 g/mol. The van der Waals surface area contributed by atoms with Gasteiger partial charge in [0, 0.05) is 33.2 Å². The van der Waals surface area contributed by atoms with Crippen LogP contribution in [0.4, 0.5) is 17.1 Å². The highest BCUT2D eigenvalue weighted by atomic mass is 15.1. The molecule has 52 heavy (non-hydrogen) atoms. The van der Waals surface area contributed by atoms with E-state index in [4.69, 9.17) is 0 Å². The van der Waals surface area contributed by atoms with Gasteiger partial charge < -0.3 is 9.47 Å². The third-order valence-corrected chi connectivity index (χ3v) is 10.3. The molecule has 0 N–H and O–H groups in total. The largest absolute Gasteiger partial charge is 0.310 e. The van der Waals surface area contributed by atoms with Crippen LogP contribution < -0.4 is 4.90 Å². The Kier molecular flexibility index (Phi) is 7.18. The van der Waals surface area contributed by atoms with Crippen LogP contribution in [-0.2, 0) is 0 Å². The highest BCUT2D eigenvalue weighted by Gasteiger charge is 2.20. The molecule has 9 aromatic carbocycles. The first-order chi connectivity index (χ1) is 25.8. The molecule has 0 fully saturated rings. The van der Waals surface area contributed by atoms with Gasteiger partial charge in [0.15, 0.2) is 0 Å². The Morgan fingerprint density at radius 2 is 0.962 bits per heavy atom. The number of hydrogen-bond acceptors (Lipinski definition) is 1. The second-order valence-electron chi connectivity index (χ2n) is 13.4. The second-order valence-corrected chi connectivity index (χ2v) is 13.4. The Bertz CT molecular complexity index is 2900. The van der Waals surface area contributed by atoms with Crippen LogP contribution in [0.1, 0.15) is 0 Å². The zero-order valence-electron chi connectivity index (χ0n) is 28.5. The molecule has 2 heteroatoms. The van der Waals surface area contributed by atoms with E-state index in [1.54, 1.807) is 0 Å². The smallest absolute Gasteiger partial charge is 0.0547 e. The first-order valence-corrected chi connectivity index (χ1v) is 17.9.